The zero-order chi connectivity index (χ0) is 21.3. The maximum absolute atomic E-state index is 13.0. The molecule has 1 aliphatic carbocycles. The number of hydrogen-bond donors (Lipinski definition) is 1. The number of benzene rings is 1. The lowest BCUT2D eigenvalue weighted by atomic mass is 9.94. The summed E-state index contributed by atoms with van der Waals surface area (Å²) in [7, 11) is 0. The van der Waals surface area contributed by atoms with E-state index in [1.54, 1.807) is 6.07 Å². The molecular formula is C23H31N3O4. The quantitative estimate of drug-likeness (QED) is 0.676. The molecule has 2 amide bonds. The van der Waals surface area contributed by atoms with E-state index in [1.165, 1.54) is 6.42 Å². The minimum atomic E-state index is -0.262. The number of nitrogens with zero attached hydrogens (tertiary/aromatic N) is 2. The fraction of sp³-hybridized carbons (Fsp3) is 0.522. The molecule has 1 aliphatic rings. The van der Waals surface area contributed by atoms with Gasteiger partial charge in [-0.15, -0.1) is 0 Å². The summed E-state index contributed by atoms with van der Waals surface area (Å²) >= 11 is 0. The van der Waals surface area contributed by atoms with Crippen LogP contribution in [0.2, 0.25) is 0 Å². The van der Waals surface area contributed by atoms with Gasteiger partial charge in [0.1, 0.15) is 5.75 Å². The van der Waals surface area contributed by atoms with E-state index in [2.05, 4.69) is 10.5 Å². The van der Waals surface area contributed by atoms with Gasteiger partial charge in [0.15, 0.2) is 18.1 Å². The first-order valence-corrected chi connectivity index (χ1v) is 10.7. The van der Waals surface area contributed by atoms with Crippen molar-refractivity contribution in [2.45, 2.75) is 58.5 Å². The van der Waals surface area contributed by atoms with Crippen molar-refractivity contribution in [3.8, 4) is 5.75 Å². The van der Waals surface area contributed by atoms with Crippen LogP contribution in [0, 0.1) is 5.92 Å². The molecule has 1 saturated carbocycles. The Morgan fingerprint density at radius 3 is 2.63 bits per heavy atom. The summed E-state index contributed by atoms with van der Waals surface area (Å²) in [5, 5.41) is 6.72. The second-order valence-corrected chi connectivity index (χ2v) is 8.20. The van der Waals surface area contributed by atoms with Gasteiger partial charge in [0.25, 0.3) is 11.8 Å². The number of aromatic nitrogens is 1. The molecular weight excluding hydrogens is 382 g/mol. The molecule has 0 saturated heterocycles. The van der Waals surface area contributed by atoms with Gasteiger partial charge in [0.2, 0.25) is 0 Å². The molecule has 162 valence electrons. The van der Waals surface area contributed by atoms with E-state index in [0.29, 0.717) is 24.0 Å². The Labute approximate surface area is 177 Å². The van der Waals surface area contributed by atoms with E-state index in [0.717, 1.165) is 25.7 Å². The molecule has 7 nitrogen and oxygen atoms in total. The summed E-state index contributed by atoms with van der Waals surface area (Å²) in [6.45, 7) is 4.88. The smallest absolute Gasteiger partial charge is 0.273 e. The van der Waals surface area contributed by atoms with E-state index < -0.39 is 0 Å². The molecule has 0 spiro atoms. The zero-order valence-corrected chi connectivity index (χ0v) is 17.8. The number of hydrogen-bond acceptors (Lipinski definition) is 5. The van der Waals surface area contributed by atoms with Crippen molar-refractivity contribution >= 4 is 11.8 Å². The third-order valence-electron chi connectivity index (χ3n) is 5.23. The van der Waals surface area contributed by atoms with Crippen LogP contribution in [0.15, 0.2) is 40.9 Å². The number of rotatable bonds is 9. The summed E-state index contributed by atoms with van der Waals surface area (Å²) in [5.74, 6) is 1.17. The Morgan fingerprint density at radius 2 is 1.93 bits per heavy atom. The maximum Gasteiger partial charge on any atom is 0.273 e. The molecule has 0 bridgehead atoms. The van der Waals surface area contributed by atoms with Gasteiger partial charge in [0.05, 0.1) is 6.54 Å². The molecule has 0 unspecified atom stereocenters. The summed E-state index contributed by atoms with van der Waals surface area (Å²) in [4.78, 5) is 27.0. The van der Waals surface area contributed by atoms with Crippen LogP contribution in [0.3, 0.4) is 0 Å². The number of para-hydroxylation sites is 1. The van der Waals surface area contributed by atoms with Crippen LogP contribution in [0.1, 0.15) is 62.2 Å². The second kappa shape index (κ2) is 10.8. The Hall–Kier alpha value is -2.83. The van der Waals surface area contributed by atoms with Crippen LogP contribution in [0.25, 0.3) is 0 Å². The third kappa shape index (κ3) is 6.34. The Balaban J connectivity index is 1.65. The van der Waals surface area contributed by atoms with Crippen molar-refractivity contribution < 1.29 is 18.8 Å². The standard InChI is InChI=1S/C23H31N3O4/c1-17(2)14-24-23(28)21-13-20(30-25-21)15-26(18-9-5-3-6-10-18)22(27)16-29-19-11-7-4-8-12-19/h4,7-8,11-13,17-18H,3,5-6,9-10,14-16H2,1-2H3,(H,24,28). The molecule has 1 aromatic carbocycles. The van der Waals surface area contributed by atoms with Gasteiger partial charge in [-0.1, -0.05) is 56.5 Å². The number of amides is 2. The van der Waals surface area contributed by atoms with Crippen molar-refractivity contribution in [3.05, 3.63) is 47.9 Å². The highest BCUT2D eigenvalue weighted by molar-refractivity contribution is 5.92. The van der Waals surface area contributed by atoms with Gasteiger partial charge in [0, 0.05) is 18.7 Å². The predicted octanol–water partition coefficient (Wildman–Crippen LogP) is 3.80. The van der Waals surface area contributed by atoms with Crippen LogP contribution in [0.5, 0.6) is 5.75 Å². The fourth-order valence-corrected chi connectivity index (χ4v) is 3.61. The van der Waals surface area contributed by atoms with Gasteiger partial charge in [-0.05, 0) is 30.9 Å². The molecule has 7 heteroatoms. The lowest BCUT2D eigenvalue weighted by Gasteiger charge is -2.33. The van der Waals surface area contributed by atoms with E-state index in [1.807, 2.05) is 49.1 Å². The van der Waals surface area contributed by atoms with E-state index in [4.69, 9.17) is 9.26 Å². The first-order chi connectivity index (χ1) is 14.5. The molecule has 30 heavy (non-hydrogen) atoms. The van der Waals surface area contributed by atoms with Gasteiger partial charge in [-0.2, -0.15) is 0 Å². The molecule has 0 radical (unpaired) electrons. The second-order valence-electron chi connectivity index (χ2n) is 8.20. The fourth-order valence-electron chi connectivity index (χ4n) is 3.61. The SMILES string of the molecule is CC(C)CNC(=O)c1cc(CN(C(=O)COc2ccccc2)C2CCCCC2)on1. The summed E-state index contributed by atoms with van der Waals surface area (Å²) in [6, 6.07) is 11.1. The van der Waals surface area contributed by atoms with Crippen LogP contribution in [-0.2, 0) is 11.3 Å². The van der Waals surface area contributed by atoms with E-state index in [-0.39, 0.29) is 36.7 Å². The summed E-state index contributed by atoms with van der Waals surface area (Å²) in [5.41, 5.74) is 0.238. The highest BCUT2D eigenvalue weighted by Gasteiger charge is 2.27. The maximum atomic E-state index is 13.0. The number of carbonyl (C=O) groups is 2. The molecule has 1 fully saturated rings. The van der Waals surface area contributed by atoms with Gasteiger partial charge < -0.3 is 19.5 Å². The van der Waals surface area contributed by atoms with Crippen molar-refractivity contribution in [1.82, 2.24) is 15.4 Å². The highest BCUT2D eigenvalue weighted by Crippen LogP contribution is 2.25. The Bertz CT molecular complexity index is 813. The van der Waals surface area contributed by atoms with E-state index in [9.17, 15) is 9.59 Å². The summed E-state index contributed by atoms with van der Waals surface area (Å²) in [6.07, 6.45) is 5.34. The Kier molecular flexibility index (Phi) is 7.88. The van der Waals surface area contributed by atoms with Crippen molar-refractivity contribution in [2.24, 2.45) is 5.92 Å². The number of ether oxygens (including phenoxy) is 1. The Morgan fingerprint density at radius 1 is 1.20 bits per heavy atom. The van der Waals surface area contributed by atoms with E-state index >= 15 is 0 Å². The van der Waals surface area contributed by atoms with Gasteiger partial charge >= 0.3 is 0 Å². The van der Waals surface area contributed by atoms with Crippen LogP contribution in [0.4, 0.5) is 0 Å². The molecule has 1 N–H and O–H groups in total. The molecule has 1 heterocycles. The lowest BCUT2D eigenvalue weighted by Crippen LogP contribution is -2.43. The zero-order valence-electron chi connectivity index (χ0n) is 17.8. The monoisotopic (exact) mass is 413 g/mol. The average molecular weight is 414 g/mol. The molecule has 3 rings (SSSR count). The number of nitrogens with one attached hydrogen (secondary N) is 1. The molecule has 0 atom stereocenters. The average Bonchev–Trinajstić information content (AvgIpc) is 3.24. The van der Waals surface area contributed by atoms with Crippen LogP contribution >= 0.6 is 0 Å². The third-order valence-corrected chi connectivity index (χ3v) is 5.23. The van der Waals surface area contributed by atoms with Crippen LogP contribution in [-0.4, -0.2) is 41.1 Å². The first kappa shape index (κ1) is 21.9. The van der Waals surface area contributed by atoms with Crippen molar-refractivity contribution in [1.29, 1.82) is 0 Å². The molecule has 2 aromatic rings. The molecule has 0 aliphatic heterocycles. The largest absolute Gasteiger partial charge is 0.484 e. The predicted molar refractivity (Wildman–Crippen MR) is 113 cm³/mol. The van der Waals surface area contributed by atoms with Gasteiger partial charge in [-0.25, -0.2) is 0 Å². The normalized spacial score (nSPS) is 14.5. The van der Waals surface area contributed by atoms with Crippen molar-refractivity contribution in [2.75, 3.05) is 13.2 Å². The minimum absolute atomic E-state index is 0.0314. The topological polar surface area (TPSA) is 84.7 Å². The highest BCUT2D eigenvalue weighted by atomic mass is 16.5. The first-order valence-electron chi connectivity index (χ1n) is 10.7. The van der Waals surface area contributed by atoms with Crippen LogP contribution < -0.4 is 10.1 Å². The van der Waals surface area contributed by atoms with Crippen molar-refractivity contribution in [3.63, 3.8) is 0 Å². The summed E-state index contributed by atoms with van der Waals surface area (Å²) < 4.78 is 11.1. The number of carbonyl (C=O) groups excluding carboxylic acids is 2. The van der Waals surface area contributed by atoms with Gasteiger partial charge in [-0.3, -0.25) is 9.59 Å². The molecule has 1 aromatic heterocycles. The lowest BCUT2D eigenvalue weighted by molar-refractivity contribution is -0.137. The minimum Gasteiger partial charge on any atom is -0.484 e.